The molecular weight excluding hydrogens is 314 g/mol. The van der Waals surface area contributed by atoms with Crippen LogP contribution in [0.2, 0.25) is 5.02 Å². The number of nitrogens with one attached hydrogen (secondary N) is 1. The molecule has 1 atom stereocenters. The quantitative estimate of drug-likeness (QED) is 0.822. The summed E-state index contributed by atoms with van der Waals surface area (Å²) in [7, 11) is 4.82. The van der Waals surface area contributed by atoms with Crippen LogP contribution in [0.3, 0.4) is 0 Å². The van der Waals surface area contributed by atoms with Crippen LogP contribution in [-0.2, 0) is 6.54 Å². The molecule has 2 rings (SSSR count). The highest BCUT2D eigenvalue weighted by Crippen LogP contribution is 2.39. The van der Waals surface area contributed by atoms with Crippen LogP contribution in [0.4, 0.5) is 0 Å². The first kappa shape index (κ1) is 17.4. The standard InChI is InChI=1S/C18H22ClNO3/c1-12(20-11-13-7-5-6-8-15(13)19)14-9-16(21-2)18(23-4)17(10-14)22-3/h5-10,12,20H,11H2,1-4H3. The molecule has 0 amide bonds. The minimum atomic E-state index is 0.0972. The third-order valence-corrected chi connectivity index (χ3v) is 4.11. The van der Waals surface area contributed by atoms with Gasteiger partial charge in [-0.1, -0.05) is 29.8 Å². The maximum atomic E-state index is 6.19. The number of rotatable bonds is 7. The van der Waals surface area contributed by atoms with E-state index >= 15 is 0 Å². The van der Waals surface area contributed by atoms with Gasteiger partial charge in [0.2, 0.25) is 5.75 Å². The summed E-state index contributed by atoms with van der Waals surface area (Å²) >= 11 is 6.19. The van der Waals surface area contributed by atoms with Gasteiger partial charge in [0, 0.05) is 17.6 Å². The Labute approximate surface area is 142 Å². The number of hydrogen-bond donors (Lipinski definition) is 1. The van der Waals surface area contributed by atoms with E-state index in [9.17, 15) is 0 Å². The van der Waals surface area contributed by atoms with Crippen LogP contribution in [0.5, 0.6) is 17.2 Å². The molecule has 0 saturated heterocycles. The van der Waals surface area contributed by atoms with Gasteiger partial charge in [-0.15, -0.1) is 0 Å². The lowest BCUT2D eigenvalue weighted by molar-refractivity contribution is 0.323. The van der Waals surface area contributed by atoms with Gasteiger partial charge in [-0.05, 0) is 36.2 Å². The molecule has 0 heterocycles. The van der Waals surface area contributed by atoms with Crippen LogP contribution < -0.4 is 19.5 Å². The number of benzene rings is 2. The van der Waals surface area contributed by atoms with Crippen molar-refractivity contribution in [2.24, 2.45) is 0 Å². The molecule has 0 bridgehead atoms. The van der Waals surface area contributed by atoms with Gasteiger partial charge in [-0.3, -0.25) is 0 Å². The summed E-state index contributed by atoms with van der Waals surface area (Å²) in [6.07, 6.45) is 0. The highest BCUT2D eigenvalue weighted by molar-refractivity contribution is 6.31. The summed E-state index contributed by atoms with van der Waals surface area (Å²) in [6, 6.07) is 11.8. The van der Waals surface area contributed by atoms with Gasteiger partial charge in [0.1, 0.15) is 0 Å². The van der Waals surface area contributed by atoms with Gasteiger partial charge < -0.3 is 19.5 Å². The van der Waals surface area contributed by atoms with E-state index in [0.717, 1.165) is 16.1 Å². The Bertz CT molecular complexity index is 635. The molecule has 124 valence electrons. The van der Waals surface area contributed by atoms with Gasteiger partial charge >= 0.3 is 0 Å². The molecule has 0 radical (unpaired) electrons. The van der Waals surface area contributed by atoms with Crippen molar-refractivity contribution in [2.75, 3.05) is 21.3 Å². The lowest BCUT2D eigenvalue weighted by Crippen LogP contribution is -2.18. The Morgan fingerprint density at radius 1 is 1.00 bits per heavy atom. The highest BCUT2D eigenvalue weighted by atomic mass is 35.5. The molecule has 0 saturated carbocycles. The monoisotopic (exact) mass is 335 g/mol. The summed E-state index contributed by atoms with van der Waals surface area (Å²) in [4.78, 5) is 0. The molecule has 0 aromatic heterocycles. The van der Waals surface area contributed by atoms with Crippen molar-refractivity contribution in [3.8, 4) is 17.2 Å². The zero-order valence-corrected chi connectivity index (χ0v) is 14.6. The summed E-state index contributed by atoms with van der Waals surface area (Å²) in [6.45, 7) is 2.76. The molecule has 23 heavy (non-hydrogen) atoms. The van der Waals surface area contributed by atoms with Gasteiger partial charge in [0.25, 0.3) is 0 Å². The Morgan fingerprint density at radius 2 is 1.61 bits per heavy atom. The van der Waals surface area contributed by atoms with E-state index in [1.54, 1.807) is 21.3 Å². The maximum absolute atomic E-state index is 6.19. The Hall–Kier alpha value is -1.91. The molecule has 0 spiro atoms. The van der Waals surface area contributed by atoms with Crippen LogP contribution in [0.15, 0.2) is 36.4 Å². The minimum Gasteiger partial charge on any atom is -0.493 e. The molecule has 0 aliphatic rings. The molecule has 0 fully saturated rings. The normalized spacial score (nSPS) is 11.9. The van der Waals surface area contributed by atoms with Crippen molar-refractivity contribution in [3.05, 3.63) is 52.5 Å². The molecule has 2 aromatic rings. The van der Waals surface area contributed by atoms with Gasteiger partial charge in [-0.25, -0.2) is 0 Å². The van der Waals surface area contributed by atoms with E-state index in [-0.39, 0.29) is 6.04 Å². The Balaban J connectivity index is 2.19. The number of methoxy groups -OCH3 is 3. The summed E-state index contributed by atoms with van der Waals surface area (Å²) in [5, 5.41) is 4.22. The van der Waals surface area contributed by atoms with Gasteiger partial charge in [-0.2, -0.15) is 0 Å². The maximum Gasteiger partial charge on any atom is 0.203 e. The molecule has 1 N–H and O–H groups in total. The van der Waals surface area contributed by atoms with Crippen LogP contribution in [-0.4, -0.2) is 21.3 Å². The van der Waals surface area contributed by atoms with E-state index in [4.69, 9.17) is 25.8 Å². The fourth-order valence-electron chi connectivity index (χ4n) is 2.37. The topological polar surface area (TPSA) is 39.7 Å². The number of ether oxygens (including phenoxy) is 3. The summed E-state index contributed by atoms with van der Waals surface area (Å²) in [5.74, 6) is 1.89. The Morgan fingerprint density at radius 3 is 2.13 bits per heavy atom. The van der Waals surface area contributed by atoms with E-state index in [1.165, 1.54) is 0 Å². The van der Waals surface area contributed by atoms with Crippen LogP contribution in [0, 0.1) is 0 Å². The molecule has 4 nitrogen and oxygen atoms in total. The van der Waals surface area contributed by atoms with Crippen molar-refractivity contribution in [1.29, 1.82) is 0 Å². The van der Waals surface area contributed by atoms with E-state index in [1.807, 2.05) is 36.4 Å². The molecule has 0 aliphatic carbocycles. The van der Waals surface area contributed by atoms with Gasteiger partial charge in [0.05, 0.1) is 21.3 Å². The fraction of sp³-hybridized carbons (Fsp3) is 0.333. The predicted octanol–water partition coefficient (Wildman–Crippen LogP) is 4.22. The average Bonchev–Trinajstić information content (AvgIpc) is 2.59. The highest BCUT2D eigenvalue weighted by Gasteiger charge is 2.16. The van der Waals surface area contributed by atoms with Crippen molar-refractivity contribution in [2.45, 2.75) is 19.5 Å². The Kier molecular flexibility index (Phi) is 6.13. The smallest absolute Gasteiger partial charge is 0.203 e. The van der Waals surface area contributed by atoms with E-state index in [2.05, 4.69) is 12.2 Å². The second-order valence-electron chi connectivity index (χ2n) is 5.15. The second-order valence-corrected chi connectivity index (χ2v) is 5.56. The molecule has 5 heteroatoms. The van der Waals surface area contributed by atoms with Crippen molar-refractivity contribution in [1.82, 2.24) is 5.32 Å². The number of halogens is 1. The molecule has 1 unspecified atom stereocenters. The summed E-state index contributed by atoms with van der Waals surface area (Å²) < 4.78 is 16.1. The van der Waals surface area contributed by atoms with Gasteiger partial charge in [0.15, 0.2) is 11.5 Å². The van der Waals surface area contributed by atoms with Crippen LogP contribution in [0.25, 0.3) is 0 Å². The van der Waals surface area contributed by atoms with Crippen molar-refractivity contribution >= 4 is 11.6 Å². The molecule has 0 aliphatic heterocycles. The molecular formula is C18H22ClNO3. The fourth-order valence-corrected chi connectivity index (χ4v) is 2.58. The van der Waals surface area contributed by atoms with E-state index < -0.39 is 0 Å². The zero-order chi connectivity index (χ0) is 16.8. The lowest BCUT2D eigenvalue weighted by Gasteiger charge is -2.19. The summed E-state index contributed by atoms with van der Waals surface area (Å²) in [5.41, 5.74) is 2.11. The van der Waals surface area contributed by atoms with Crippen LogP contribution in [0.1, 0.15) is 24.1 Å². The zero-order valence-electron chi connectivity index (χ0n) is 13.9. The average molecular weight is 336 g/mol. The molecule has 2 aromatic carbocycles. The minimum absolute atomic E-state index is 0.0972. The third-order valence-electron chi connectivity index (χ3n) is 3.74. The first-order valence-electron chi connectivity index (χ1n) is 7.37. The van der Waals surface area contributed by atoms with Crippen LogP contribution >= 0.6 is 11.6 Å². The number of hydrogen-bond acceptors (Lipinski definition) is 4. The second kappa shape index (κ2) is 8.09. The third kappa shape index (κ3) is 4.09. The van der Waals surface area contributed by atoms with Crippen molar-refractivity contribution in [3.63, 3.8) is 0 Å². The largest absolute Gasteiger partial charge is 0.493 e. The van der Waals surface area contributed by atoms with E-state index in [0.29, 0.717) is 23.8 Å². The SMILES string of the molecule is COc1cc(C(C)NCc2ccccc2Cl)cc(OC)c1OC. The lowest BCUT2D eigenvalue weighted by atomic mass is 10.1. The first-order valence-corrected chi connectivity index (χ1v) is 7.75. The van der Waals surface area contributed by atoms with Crippen molar-refractivity contribution < 1.29 is 14.2 Å². The predicted molar refractivity (Wildman–Crippen MR) is 92.8 cm³/mol. The first-order chi connectivity index (χ1) is 11.1.